The summed E-state index contributed by atoms with van der Waals surface area (Å²) in [6.07, 6.45) is 1.15. The van der Waals surface area contributed by atoms with E-state index in [0.29, 0.717) is 12.8 Å². The molecule has 2 aromatic rings. The fraction of sp³-hybridized carbons (Fsp3) is 0.417. The molecule has 1 aliphatic rings. The van der Waals surface area contributed by atoms with Crippen LogP contribution in [0, 0.1) is 12.7 Å². The third kappa shape index (κ3) is 6.54. The topological polar surface area (TPSA) is 98.8 Å². The summed E-state index contributed by atoms with van der Waals surface area (Å²) < 4.78 is 40.2. The van der Waals surface area contributed by atoms with E-state index in [1.165, 1.54) is 16.4 Å². The second-order valence-electron chi connectivity index (χ2n) is 8.34. The van der Waals surface area contributed by atoms with Gasteiger partial charge in [-0.1, -0.05) is 43.2 Å². The van der Waals surface area contributed by atoms with Gasteiger partial charge in [0.25, 0.3) is 0 Å². The summed E-state index contributed by atoms with van der Waals surface area (Å²) in [6.45, 7) is 4.91. The first-order chi connectivity index (χ1) is 16.2. The van der Waals surface area contributed by atoms with E-state index in [9.17, 15) is 22.4 Å². The lowest BCUT2D eigenvalue weighted by Gasteiger charge is -2.36. The van der Waals surface area contributed by atoms with Gasteiger partial charge in [0.15, 0.2) is 0 Å². The van der Waals surface area contributed by atoms with Crippen molar-refractivity contribution in [1.29, 1.82) is 0 Å². The van der Waals surface area contributed by atoms with Crippen molar-refractivity contribution >= 4 is 22.0 Å². The Bertz CT molecular complexity index is 1080. The Morgan fingerprint density at radius 1 is 1.00 bits per heavy atom. The molecular formula is C24H31FN4O4S. The van der Waals surface area contributed by atoms with Crippen molar-refractivity contribution in [3.63, 3.8) is 0 Å². The first-order valence-electron chi connectivity index (χ1n) is 11.3. The number of amides is 3. The average molecular weight is 491 g/mol. The zero-order valence-electron chi connectivity index (χ0n) is 19.5. The number of nitrogens with one attached hydrogen (secondary N) is 2. The molecule has 3 rings (SSSR count). The third-order valence-corrected chi connectivity index (χ3v) is 7.67. The molecule has 1 heterocycles. The van der Waals surface area contributed by atoms with Crippen LogP contribution in [0.3, 0.4) is 0 Å². The number of aryl methyl sites for hydroxylation is 1. The molecule has 8 nitrogen and oxygen atoms in total. The number of halogens is 1. The molecule has 1 aliphatic heterocycles. The summed E-state index contributed by atoms with van der Waals surface area (Å²) in [5.74, 6) is -0.584. The van der Waals surface area contributed by atoms with Crippen molar-refractivity contribution < 1.29 is 22.4 Å². The largest absolute Gasteiger partial charge is 0.338 e. The molecule has 0 radical (unpaired) electrons. The van der Waals surface area contributed by atoms with E-state index in [1.54, 1.807) is 41.3 Å². The van der Waals surface area contributed by atoms with E-state index in [-0.39, 0.29) is 49.3 Å². The van der Waals surface area contributed by atoms with Gasteiger partial charge in [0.2, 0.25) is 15.9 Å². The van der Waals surface area contributed by atoms with Gasteiger partial charge in [-0.15, -0.1) is 0 Å². The van der Waals surface area contributed by atoms with Crippen LogP contribution >= 0.6 is 0 Å². The number of carbonyl (C=O) groups is 2. The van der Waals surface area contributed by atoms with Gasteiger partial charge in [-0.05, 0) is 43.2 Å². The molecule has 2 N–H and O–H groups in total. The number of sulfonamides is 1. The van der Waals surface area contributed by atoms with Gasteiger partial charge < -0.3 is 15.5 Å². The van der Waals surface area contributed by atoms with Crippen LogP contribution in [-0.2, 0) is 21.4 Å². The molecule has 10 heteroatoms. The number of benzene rings is 2. The highest BCUT2D eigenvalue weighted by Crippen LogP contribution is 2.19. The lowest BCUT2D eigenvalue weighted by molar-refractivity contribution is -0.134. The number of rotatable bonds is 8. The Kier molecular flexibility index (Phi) is 8.62. The fourth-order valence-corrected chi connectivity index (χ4v) is 5.19. The molecule has 0 bridgehead atoms. The maximum absolute atomic E-state index is 13.1. The second kappa shape index (κ2) is 11.4. The van der Waals surface area contributed by atoms with Gasteiger partial charge in [-0.2, -0.15) is 4.31 Å². The van der Waals surface area contributed by atoms with Crippen molar-refractivity contribution in [3.8, 4) is 0 Å². The Morgan fingerprint density at radius 2 is 1.62 bits per heavy atom. The highest BCUT2D eigenvalue weighted by atomic mass is 32.2. The molecule has 2 aromatic carbocycles. The van der Waals surface area contributed by atoms with Crippen LogP contribution in [0.25, 0.3) is 0 Å². The maximum Gasteiger partial charge on any atom is 0.315 e. The molecule has 0 aliphatic carbocycles. The Hall–Kier alpha value is -2.98. The summed E-state index contributed by atoms with van der Waals surface area (Å²) >= 11 is 0. The number of urea groups is 1. The highest BCUT2D eigenvalue weighted by Gasteiger charge is 2.32. The van der Waals surface area contributed by atoms with Crippen molar-refractivity contribution in [2.75, 3.05) is 26.2 Å². The molecule has 1 atom stereocenters. The van der Waals surface area contributed by atoms with Gasteiger partial charge in [-0.25, -0.2) is 17.6 Å². The molecule has 3 amide bonds. The number of piperazine rings is 1. The Balaban J connectivity index is 1.55. The monoisotopic (exact) mass is 490 g/mol. The van der Waals surface area contributed by atoms with Crippen LogP contribution in [0.5, 0.6) is 0 Å². The first kappa shape index (κ1) is 25.6. The van der Waals surface area contributed by atoms with E-state index in [1.807, 2.05) is 13.8 Å². The predicted molar refractivity (Wildman–Crippen MR) is 127 cm³/mol. The van der Waals surface area contributed by atoms with Crippen LogP contribution in [0.15, 0.2) is 53.4 Å². The van der Waals surface area contributed by atoms with Crippen LogP contribution in [0.2, 0.25) is 0 Å². The minimum absolute atomic E-state index is 0.192. The number of nitrogens with zero attached hydrogens (tertiary/aromatic N) is 2. The van der Waals surface area contributed by atoms with Gasteiger partial charge in [0.05, 0.1) is 4.90 Å². The lowest BCUT2D eigenvalue weighted by atomic mass is 10.1. The summed E-state index contributed by atoms with van der Waals surface area (Å²) in [7, 11) is -3.62. The fourth-order valence-electron chi connectivity index (χ4n) is 3.77. The first-order valence-corrected chi connectivity index (χ1v) is 12.8. The molecule has 1 fully saturated rings. The minimum Gasteiger partial charge on any atom is -0.338 e. The second-order valence-corrected chi connectivity index (χ2v) is 10.3. The van der Waals surface area contributed by atoms with Crippen molar-refractivity contribution in [1.82, 2.24) is 19.8 Å². The molecular weight excluding hydrogens is 459 g/mol. The predicted octanol–water partition coefficient (Wildman–Crippen LogP) is 2.64. The summed E-state index contributed by atoms with van der Waals surface area (Å²) in [4.78, 5) is 27.3. The Labute approximate surface area is 200 Å². The molecule has 1 saturated heterocycles. The zero-order valence-corrected chi connectivity index (χ0v) is 20.3. The Morgan fingerprint density at radius 3 is 2.21 bits per heavy atom. The summed E-state index contributed by atoms with van der Waals surface area (Å²) in [6, 6.07) is 11.3. The molecule has 0 aromatic heterocycles. The summed E-state index contributed by atoms with van der Waals surface area (Å²) in [5.41, 5.74) is 1.71. The summed E-state index contributed by atoms with van der Waals surface area (Å²) in [5, 5.41) is 5.41. The van der Waals surface area contributed by atoms with Crippen molar-refractivity contribution in [2.24, 2.45) is 0 Å². The normalized spacial score (nSPS) is 15.6. The van der Waals surface area contributed by atoms with Gasteiger partial charge in [0, 0.05) is 32.7 Å². The van der Waals surface area contributed by atoms with Crippen LogP contribution in [-0.4, -0.2) is 61.8 Å². The quantitative estimate of drug-likeness (QED) is 0.594. The zero-order chi connectivity index (χ0) is 24.7. The van der Waals surface area contributed by atoms with E-state index < -0.39 is 22.1 Å². The van der Waals surface area contributed by atoms with Crippen LogP contribution < -0.4 is 10.6 Å². The smallest absolute Gasteiger partial charge is 0.315 e. The molecule has 0 saturated carbocycles. The molecule has 34 heavy (non-hydrogen) atoms. The van der Waals surface area contributed by atoms with Crippen molar-refractivity contribution in [3.05, 3.63) is 65.5 Å². The van der Waals surface area contributed by atoms with Crippen LogP contribution in [0.1, 0.15) is 30.9 Å². The van der Waals surface area contributed by atoms with E-state index in [4.69, 9.17) is 0 Å². The SMILES string of the molecule is CCC[C@H](NC(=O)NCc1ccc(F)cc1)C(=O)N1CCN(S(=O)(=O)c2ccc(C)cc2)CC1. The minimum atomic E-state index is -3.62. The van der Waals surface area contributed by atoms with Crippen molar-refractivity contribution in [2.45, 2.75) is 44.2 Å². The van der Waals surface area contributed by atoms with E-state index >= 15 is 0 Å². The van der Waals surface area contributed by atoms with Crippen LogP contribution in [0.4, 0.5) is 9.18 Å². The number of hydrogen-bond acceptors (Lipinski definition) is 4. The maximum atomic E-state index is 13.1. The standard InChI is InChI=1S/C24H31FN4O4S/c1-3-4-22(27-24(31)26-17-19-7-9-20(25)10-8-19)23(30)28-13-15-29(16-14-28)34(32,33)21-11-5-18(2)6-12-21/h5-12,22H,3-4,13-17H2,1-2H3,(H2,26,27,31)/t22-/m0/s1. The molecule has 184 valence electrons. The highest BCUT2D eigenvalue weighted by molar-refractivity contribution is 7.89. The van der Waals surface area contributed by atoms with Gasteiger partial charge in [-0.3, -0.25) is 4.79 Å². The molecule has 0 unspecified atom stereocenters. The number of carbonyl (C=O) groups excluding carboxylic acids is 2. The number of hydrogen-bond donors (Lipinski definition) is 2. The lowest BCUT2D eigenvalue weighted by Crippen LogP contribution is -2.56. The van der Waals surface area contributed by atoms with Gasteiger partial charge in [0.1, 0.15) is 11.9 Å². The third-order valence-electron chi connectivity index (χ3n) is 5.76. The average Bonchev–Trinajstić information content (AvgIpc) is 2.83. The van der Waals surface area contributed by atoms with E-state index in [2.05, 4.69) is 10.6 Å². The van der Waals surface area contributed by atoms with E-state index in [0.717, 1.165) is 11.1 Å². The molecule has 0 spiro atoms. The van der Waals surface area contributed by atoms with Gasteiger partial charge >= 0.3 is 6.03 Å².